The quantitative estimate of drug-likeness (QED) is 0.451. The van der Waals surface area contributed by atoms with Crippen LogP contribution in [0.4, 0.5) is 5.69 Å². The van der Waals surface area contributed by atoms with Gasteiger partial charge in [0.05, 0.1) is 24.6 Å². The molecule has 1 aromatic heterocycles. The van der Waals surface area contributed by atoms with Crippen molar-refractivity contribution in [2.75, 3.05) is 32.1 Å². The van der Waals surface area contributed by atoms with Gasteiger partial charge in [-0.2, -0.15) is 0 Å². The number of anilines is 1. The number of fused-ring (bicyclic) bond motifs is 1. The van der Waals surface area contributed by atoms with Gasteiger partial charge in [-0.3, -0.25) is 19.5 Å². The molecular weight excluding hydrogens is 480 g/mol. The van der Waals surface area contributed by atoms with E-state index in [1.165, 1.54) is 0 Å². The van der Waals surface area contributed by atoms with Crippen molar-refractivity contribution in [3.8, 4) is 5.75 Å². The van der Waals surface area contributed by atoms with Gasteiger partial charge in [0.15, 0.2) is 0 Å². The molecule has 0 saturated heterocycles. The van der Waals surface area contributed by atoms with Crippen molar-refractivity contribution in [3.63, 3.8) is 0 Å². The second-order valence-corrected chi connectivity index (χ2v) is 10.1. The molecule has 8 nitrogen and oxygen atoms in total. The van der Waals surface area contributed by atoms with Gasteiger partial charge in [-0.15, -0.1) is 0 Å². The highest BCUT2D eigenvalue weighted by molar-refractivity contribution is 6.00. The van der Waals surface area contributed by atoms with Gasteiger partial charge < -0.3 is 20.1 Å². The third kappa shape index (κ3) is 6.96. The number of nitrogens with one attached hydrogen (secondary N) is 1. The second-order valence-electron chi connectivity index (χ2n) is 10.1. The van der Waals surface area contributed by atoms with E-state index in [0.29, 0.717) is 30.1 Å². The molecule has 3 atom stereocenters. The van der Waals surface area contributed by atoms with Crippen LogP contribution in [-0.2, 0) is 17.8 Å². The van der Waals surface area contributed by atoms with E-state index in [1.54, 1.807) is 35.5 Å². The van der Waals surface area contributed by atoms with E-state index in [2.05, 4.69) is 22.1 Å². The number of hydrogen-bond donors (Lipinski definition) is 2. The highest BCUT2D eigenvalue weighted by atomic mass is 16.5. The maximum absolute atomic E-state index is 13.6. The molecule has 8 heteroatoms. The third-order valence-electron chi connectivity index (χ3n) is 6.85. The Kier molecular flexibility index (Phi) is 9.10. The molecule has 0 radical (unpaired) electrons. The van der Waals surface area contributed by atoms with Crippen molar-refractivity contribution in [1.29, 1.82) is 0 Å². The van der Waals surface area contributed by atoms with E-state index in [1.807, 2.05) is 56.4 Å². The summed E-state index contributed by atoms with van der Waals surface area (Å²) in [5.41, 5.74) is 2.96. The maximum Gasteiger partial charge on any atom is 0.258 e. The number of carbonyl (C=O) groups is 2. The molecular formula is C30H36N4O4. The minimum absolute atomic E-state index is 0.0197. The van der Waals surface area contributed by atoms with Crippen LogP contribution in [0.25, 0.3) is 0 Å². The average Bonchev–Trinajstić information content (AvgIpc) is 2.91. The molecule has 2 heterocycles. The first-order chi connectivity index (χ1) is 18.3. The van der Waals surface area contributed by atoms with Gasteiger partial charge >= 0.3 is 0 Å². The zero-order valence-corrected chi connectivity index (χ0v) is 22.2. The number of nitrogens with zero attached hydrogens (tertiary/aromatic N) is 3. The van der Waals surface area contributed by atoms with Gasteiger partial charge in [0.2, 0.25) is 5.91 Å². The summed E-state index contributed by atoms with van der Waals surface area (Å²) in [6.45, 7) is 5.59. The van der Waals surface area contributed by atoms with E-state index in [4.69, 9.17) is 4.74 Å². The molecule has 2 amide bonds. The Bertz CT molecular complexity index is 1220. The Balaban J connectivity index is 1.56. The fraction of sp³-hybridized carbons (Fsp3) is 0.367. The molecule has 0 unspecified atom stereocenters. The molecule has 2 N–H and O–H groups in total. The minimum atomic E-state index is -0.359. The van der Waals surface area contributed by atoms with Crippen LogP contribution in [-0.4, -0.2) is 70.6 Å². The fourth-order valence-electron chi connectivity index (χ4n) is 4.68. The van der Waals surface area contributed by atoms with E-state index in [9.17, 15) is 14.7 Å². The summed E-state index contributed by atoms with van der Waals surface area (Å²) in [6, 6.07) is 18.3. The lowest BCUT2D eigenvalue weighted by Crippen LogP contribution is -2.49. The summed E-state index contributed by atoms with van der Waals surface area (Å²) >= 11 is 0. The van der Waals surface area contributed by atoms with Crippen molar-refractivity contribution in [1.82, 2.24) is 14.8 Å². The molecule has 2 aromatic carbocycles. The maximum atomic E-state index is 13.6. The number of carbonyl (C=O) groups excluding carboxylic acids is 2. The monoisotopic (exact) mass is 516 g/mol. The fourth-order valence-corrected chi connectivity index (χ4v) is 4.68. The lowest BCUT2D eigenvalue weighted by Gasteiger charge is -2.38. The molecule has 1 aliphatic heterocycles. The summed E-state index contributed by atoms with van der Waals surface area (Å²) < 4.78 is 6.47. The molecule has 0 spiro atoms. The molecule has 3 aromatic rings. The molecule has 0 bridgehead atoms. The molecule has 38 heavy (non-hydrogen) atoms. The van der Waals surface area contributed by atoms with Crippen LogP contribution in [0.1, 0.15) is 35.3 Å². The molecule has 200 valence electrons. The number of aliphatic hydroxyl groups excluding tert-OH is 1. The number of likely N-dealkylation sites (N-methyl/N-ethyl adjacent to an activating group) is 1. The van der Waals surface area contributed by atoms with E-state index < -0.39 is 0 Å². The Hall–Kier alpha value is -3.75. The summed E-state index contributed by atoms with van der Waals surface area (Å²) in [5, 5.41) is 12.8. The van der Waals surface area contributed by atoms with Crippen LogP contribution < -0.4 is 10.1 Å². The molecule has 0 saturated carbocycles. The molecule has 0 fully saturated rings. The first kappa shape index (κ1) is 27.3. The summed E-state index contributed by atoms with van der Waals surface area (Å²) in [7, 11) is 2.04. The number of ether oxygens (including phenoxy) is 1. The van der Waals surface area contributed by atoms with Crippen molar-refractivity contribution in [3.05, 3.63) is 89.7 Å². The largest absolute Gasteiger partial charge is 0.488 e. The standard InChI is InChI=1S/C30H36N4O4/c1-21-17-34(22(2)20-35)30(37)26-16-25(32-29(36)15-23-7-5-4-6-8-23)9-10-27(26)38-28(21)19-33(3)18-24-11-13-31-14-12-24/h4-14,16,21-22,28,35H,15,17-20H2,1-3H3,(H,32,36)/t21-,22-,28-/m1/s1. The van der Waals surface area contributed by atoms with Crippen LogP contribution >= 0.6 is 0 Å². The molecule has 1 aliphatic rings. The van der Waals surface area contributed by atoms with Crippen LogP contribution in [0, 0.1) is 5.92 Å². The smallest absolute Gasteiger partial charge is 0.258 e. The number of rotatable bonds is 9. The highest BCUT2D eigenvalue weighted by Crippen LogP contribution is 2.31. The summed E-state index contributed by atoms with van der Waals surface area (Å²) in [6.07, 6.45) is 3.61. The zero-order valence-electron chi connectivity index (χ0n) is 22.2. The Labute approximate surface area is 224 Å². The van der Waals surface area contributed by atoms with Gasteiger partial charge in [0, 0.05) is 43.6 Å². The molecule has 0 aliphatic carbocycles. The zero-order chi connectivity index (χ0) is 27.1. The SMILES string of the molecule is C[C@@H]1CN([C@H](C)CO)C(=O)c2cc(NC(=O)Cc3ccccc3)ccc2O[C@@H]1CN(C)Cc1ccncc1. The molecule has 4 rings (SSSR count). The van der Waals surface area contributed by atoms with Crippen LogP contribution in [0.2, 0.25) is 0 Å². The van der Waals surface area contributed by atoms with Gasteiger partial charge in [-0.05, 0) is 55.4 Å². The van der Waals surface area contributed by atoms with Crippen molar-refractivity contribution >= 4 is 17.5 Å². The van der Waals surface area contributed by atoms with Crippen LogP contribution in [0.15, 0.2) is 73.1 Å². The number of aliphatic hydroxyl groups is 1. The number of pyridine rings is 1. The highest BCUT2D eigenvalue weighted by Gasteiger charge is 2.33. The number of hydrogen-bond acceptors (Lipinski definition) is 6. The van der Waals surface area contributed by atoms with Crippen LogP contribution in [0.5, 0.6) is 5.75 Å². The Morgan fingerprint density at radius 3 is 2.61 bits per heavy atom. The van der Waals surface area contributed by atoms with Crippen molar-refractivity contribution in [2.24, 2.45) is 5.92 Å². The first-order valence-electron chi connectivity index (χ1n) is 13.0. The number of amides is 2. The summed E-state index contributed by atoms with van der Waals surface area (Å²) in [4.78, 5) is 34.3. The Morgan fingerprint density at radius 2 is 1.89 bits per heavy atom. The number of benzene rings is 2. The lowest BCUT2D eigenvalue weighted by atomic mass is 9.99. The van der Waals surface area contributed by atoms with Crippen molar-refractivity contribution < 1.29 is 19.4 Å². The van der Waals surface area contributed by atoms with Crippen LogP contribution in [0.3, 0.4) is 0 Å². The third-order valence-corrected chi connectivity index (χ3v) is 6.85. The average molecular weight is 517 g/mol. The van der Waals surface area contributed by atoms with Gasteiger partial charge in [-0.25, -0.2) is 0 Å². The first-order valence-corrected chi connectivity index (χ1v) is 13.0. The van der Waals surface area contributed by atoms with Gasteiger partial charge in [0.1, 0.15) is 11.9 Å². The lowest BCUT2D eigenvalue weighted by molar-refractivity contribution is -0.115. The predicted octanol–water partition coefficient (Wildman–Crippen LogP) is 3.61. The summed E-state index contributed by atoms with van der Waals surface area (Å²) in [5.74, 6) is 0.0997. The van der Waals surface area contributed by atoms with Gasteiger partial charge in [-0.1, -0.05) is 37.3 Å². The van der Waals surface area contributed by atoms with E-state index >= 15 is 0 Å². The van der Waals surface area contributed by atoms with Gasteiger partial charge in [0.25, 0.3) is 5.91 Å². The second kappa shape index (κ2) is 12.7. The van der Waals surface area contributed by atoms with E-state index in [0.717, 1.165) is 17.7 Å². The van der Waals surface area contributed by atoms with E-state index in [-0.39, 0.29) is 42.9 Å². The minimum Gasteiger partial charge on any atom is -0.488 e. The normalized spacial score (nSPS) is 18.2. The predicted molar refractivity (Wildman–Crippen MR) is 147 cm³/mol. The van der Waals surface area contributed by atoms with Crippen molar-refractivity contribution in [2.45, 2.75) is 39.0 Å². The topological polar surface area (TPSA) is 95.0 Å². The number of aromatic nitrogens is 1. The Morgan fingerprint density at radius 1 is 1.16 bits per heavy atom.